The number of nitrogens with one attached hydrogen (secondary N) is 1. The third-order valence-corrected chi connectivity index (χ3v) is 2.48. The van der Waals surface area contributed by atoms with Gasteiger partial charge in [0.1, 0.15) is 23.5 Å². The highest BCUT2D eigenvalue weighted by molar-refractivity contribution is 5.95. The van der Waals surface area contributed by atoms with E-state index in [1.807, 2.05) is 18.2 Å². The summed E-state index contributed by atoms with van der Waals surface area (Å²) < 4.78 is 0. The molecule has 2 aromatic rings. The Hall–Kier alpha value is -2.98. The van der Waals surface area contributed by atoms with E-state index in [0.29, 0.717) is 0 Å². The van der Waals surface area contributed by atoms with Gasteiger partial charge in [0.25, 0.3) is 0 Å². The second-order valence-electron chi connectivity index (χ2n) is 3.64. The molecule has 0 bridgehead atoms. The zero-order chi connectivity index (χ0) is 13.0. The Morgan fingerprint density at radius 3 is 2.67 bits per heavy atom. The van der Waals surface area contributed by atoms with Gasteiger partial charge in [0.15, 0.2) is 0 Å². The Balaban J connectivity index is 2.46. The summed E-state index contributed by atoms with van der Waals surface area (Å²) in [7, 11) is 0. The molecule has 4 nitrogen and oxygen atoms in total. The summed E-state index contributed by atoms with van der Waals surface area (Å²) in [4.78, 5) is 0. The molecule has 4 heteroatoms. The first kappa shape index (κ1) is 11.5. The van der Waals surface area contributed by atoms with E-state index in [9.17, 15) is 5.11 Å². The number of phenols is 1. The van der Waals surface area contributed by atoms with Gasteiger partial charge in [-0.1, -0.05) is 18.2 Å². The molecule has 0 aliphatic carbocycles. The third kappa shape index (κ3) is 2.23. The van der Waals surface area contributed by atoms with Crippen LogP contribution in [-0.4, -0.2) is 5.11 Å². The minimum atomic E-state index is -0.00726. The number of aromatic hydroxyl groups is 1. The first-order valence-electron chi connectivity index (χ1n) is 5.23. The number of nitriles is 2. The zero-order valence-corrected chi connectivity index (χ0v) is 9.38. The molecule has 0 aliphatic rings. The van der Waals surface area contributed by atoms with E-state index in [-0.39, 0.29) is 11.3 Å². The summed E-state index contributed by atoms with van der Waals surface area (Å²) in [5, 5.41) is 31.4. The lowest BCUT2D eigenvalue weighted by atomic mass is 10.1. The average Bonchev–Trinajstić information content (AvgIpc) is 2.40. The monoisotopic (exact) mass is 235 g/mol. The van der Waals surface area contributed by atoms with Crippen LogP contribution in [0, 0.1) is 22.7 Å². The summed E-state index contributed by atoms with van der Waals surface area (Å²) >= 11 is 0. The summed E-state index contributed by atoms with van der Waals surface area (Å²) in [5.74, 6) is 0.168. The predicted octanol–water partition coefficient (Wildman–Crippen LogP) is 2.89. The van der Waals surface area contributed by atoms with Crippen molar-refractivity contribution in [1.29, 1.82) is 10.5 Å². The van der Waals surface area contributed by atoms with E-state index in [1.54, 1.807) is 30.3 Å². The van der Waals surface area contributed by atoms with Gasteiger partial charge in [-0.2, -0.15) is 10.5 Å². The Morgan fingerprint density at radius 2 is 1.94 bits per heavy atom. The van der Waals surface area contributed by atoms with E-state index in [2.05, 4.69) is 5.32 Å². The van der Waals surface area contributed by atoms with E-state index in [1.165, 1.54) is 6.20 Å². The molecule has 0 spiro atoms. The molecule has 2 aromatic carbocycles. The fraction of sp³-hybridized carbons (Fsp3) is 0. The van der Waals surface area contributed by atoms with Crippen molar-refractivity contribution >= 4 is 16.5 Å². The molecule has 0 saturated heterocycles. The molecule has 0 fully saturated rings. The van der Waals surface area contributed by atoms with Crippen LogP contribution >= 0.6 is 0 Å². The SMILES string of the molecule is N#CC(C#N)=CNc1cccc2ccc(O)cc12. The number of allylic oxidation sites excluding steroid dienone is 1. The fourth-order valence-corrected chi connectivity index (χ4v) is 1.63. The van der Waals surface area contributed by atoms with Gasteiger partial charge in [0, 0.05) is 17.3 Å². The molecule has 0 atom stereocenters. The van der Waals surface area contributed by atoms with Crippen molar-refractivity contribution in [2.24, 2.45) is 0 Å². The molecule has 2 rings (SSSR count). The molecule has 0 heterocycles. The highest BCUT2D eigenvalue weighted by atomic mass is 16.3. The van der Waals surface area contributed by atoms with Crippen LogP contribution in [0.3, 0.4) is 0 Å². The van der Waals surface area contributed by atoms with Crippen LogP contribution < -0.4 is 5.32 Å². The normalized spacial score (nSPS) is 9.22. The molecular formula is C14H9N3O. The summed E-state index contributed by atoms with van der Waals surface area (Å²) in [5.41, 5.74) is 0.721. The van der Waals surface area contributed by atoms with Gasteiger partial charge in [0.2, 0.25) is 0 Å². The van der Waals surface area contributed by atoms with Crippen LogP contribution in [-0.2, 0) is 0 Å². The van der Waals surface area contributed by atoms with Crippen molar-refractivity contribution in [3.63, 3.8) is 0 Å². The minimum Gasteiger partial charge on any atom is -0.508 e. The van der Waals surface area contributed by atoms with Crippen molar-refractivity contribution in [2.45, 2.75) is 0 Å². The topological polar surface area (TPSA) is 79.8 Å². The van der Waals surface area contributed by atoms with E-state index < -0.39 is 0 Å². The van der Waals surface area contributed by atoms with Crippen molar-refractivity contribution in [1.82, 2.24) is 0 Å². The number of hydrogen-bond acceptors (Lipinski definition) is 4. The maximum atomic E-state index is 9.48. The molecule has 2 N–H and O–H groups in total. The summed E-state index contributed by atoms with van der Waals surface area (Å²) in [6.45, 7) is 0. The Kier molecular flexibility index (Phi) is 3.13. The van der Waals surface area contributed by atoms with Crippen LogP contribution in [0.15, 0.2) is 48.2 Å². The number of nitrogens with zero attached hydrogens (tertiary/aromatic N) is 2. The minimum absolute atomic E-state index is 0.00726. The van der Waals surface area contributed by atoms with Gasteiger partial charge in [-0.05, 0) is 23.6 Å². The van der Waals surface area contributed by atoms with Gasteiger partial charge in [-0.3, -0.25) is 0 Å². The molecule has 0 aromatic heterocycles. The number of hydrogen-bond donors (Lipinski definition) is 2. The first-order chi connectivity index (χ1) is 8.74. The molecule has 0 aliphatic heterocycles. The lowest BCUT2D eigenvalue weighted by Crippen LogP contribution is -1.91. The van der Waals surface area contributed by atoms with Gasteiger partial charge < -0.3 is 10.4 Å². The highest BCUT2D eigenvalue weighted by Gasteiger charge is 2.01. The van der Waals surface area contributed by atoms with Crippen molar-refractivity contribution < 1.29 is 5.11 Å². The molecule has 0 amide bonds. The Bertz CT molecular complexity index is 689. The maximum absolute atomic E-state index is 9.48. The number of anilines is 1. The Morgan fingerprint density at radius 1 is 1.17 bits per heavy atom. The largest absolute Gasteiger partial charge is 0.508 e. The van der Waals surface area contributed by atoms with Crippen LogP contribution in [0.25, 0.3) is 10.8 Å². The van der Waals surface area contributed by atoms with E-state index >= 15 is 0 Å². The number of fused-ring (bicyclic) bond motifs is 1. The summed E-state index contributed by atoms with van der Waals surface area (Å²) in [6, 6.07) is 14.2. The van der Waals surface area contributed by atoms with Crippen LogP contribution in [0.5, 0.6) is 5.75 Å². The molecular weight excluding hydrogens is 226 g/mol. The van der Waals surface area contributed by atoms with Gasteiger partial charge in [-0.25, -0.2) is 0 Å². The second-order valence-corrected chi connectivity index (χ2v) is 3.64. The number of benzene rings is 2. The molecule has 0 unspecified atom stereocenters. The van der Waals surface area contributed by atoms with Crippen molar-refractivity contribution in [2.75, 3.05) is 5.32 Å². The highest BCUT2D eigenvalue weighted by Crippen LogP contribution is 2.26. The van der Waals surface area contributed by atoms with Gasteiger partial charge >= 0.3 is 0 Å². The average molecular weight is 235 g/mol. The van der Waals surface area contributed by atoms with Crippen LogP contribution in [0.1, 0.15) is 0 Å². The molecule has 0 saturated carbocycles. The lowest BCUT2D eigenvalue weighted by molar-refractivity contribution is 0.476. The van der Waals surface area contributed by atoms with Gasteiger partial charge in [0.05, 0.1) is 0 Å². The maximum Gasteiger partial charge on any atom is 0.145 e. The first-order valence-corrected chi connectivity index (χ1v) is 5.23. The number of rotatable bonds is 2. The molecule has 18 heavy (non-hydrogen) atoms. The van der Waals surface area contributed by atoms with Crippen molar-refractivity contribution in [3.8, 4) is 17.9 Å². The number of phenolic OH excluding ortho intramolecular Hbond substituents is 1. The van der Waals surface area contributed by atoms with E-state index in [0.717, 1.165) is 16.5 Å². The smallest absolute Gasteiger partial charge is 0.145 e. The zero-order valence-electron chi connectivity index (χ0n) is 9.38. The van der Waals surface area contributed by atoms with Crippen LogP contribution in [0.2, 0.25) is 0 Å². The van der Waals surface area contributed by atoms with Crippen molar-refractivity contribution in [3.05, 3.63) is 48.2 Å². The standard InChI is InChI=1S/C14H9N3O/c15-7-10(8-16)9-17-14-3-1-2-11-4-5-12(18)6-13(11)14/h1-6,9,17-18H. The fourth-order valence-electron chi connectivity index (χ4n) is 1.63. The summed E-state index contributed by atoms with van der Waals surface area (Å²) in [6.07, 6.45) is 1.35. The quantitative estimate of drug-likeness (QED) is 0.784. The Labute approximate surface area is 104 Å². The second kappa shape index (κ2) is 4.90. The molecule has 86 valence electrons. The van der Waals surface area contributed by atoms with Gasteiger partial charge in [-0.15, -0.1) is 0 Å². The third-order valence-electron chi connectivity index (χ3n) is 2.48. The van der Waals surface area contributed by atoms with Crippen LogP contribution in [0.4, 0.5) is 5.69 Å². The predicted molar refractivity (Wildman–Crippen MR) is 68.5 cm³/mol. The lowest BCUT2D eigenvalue weighted by Gasteiger charge is -2.06. The van der Waals surface area contributed by atoms with E-state index in [4.69, 9.17) is 10.5 Å². The molecule has 0 radical (unpaired) electrons.